The van der Waals surface area contributed by atoms with E-state index in [-0.39, 0.29) is 24.8 Å². The highest BCUT2D eigenvalue weighted by Gasteiger charge is 2.36. The molecular weight excluding hydrogens is 492 g/mol. The van der Waals surface area contributed by atoms with Crippen molar-refractivity contribution in [3.05, 3.63) is 70.8 Å². The summed E-state index contributed by atoms with van der Waals surface area (Å²) < 4.78 is 12.6. The van der Waals surface area contributed by atoms with Crippen LogP contribution in [-0.4, -0.2) is 70.7 Å². The Morgan fingerprint density at radius 3 is 2.68 bits per heavy atom. The summed E-state index contributed by atoms with van der Waals surface area (Å²) in [6.07, 6.45) is 3.26. The normalized spacial score (nSPS) is 19.4. The average molecular weight is 527 g/mol. The van der Waals surface area contributed by atoms with Crippen LogP contribution < -0.4 is 28.2 Å². The molecule has 4 atom stereocenters. The number of aromatic nitrogens is 2. The molecule has 0 aliphatic carbocycles. The molecule has 204 valence electrons. The predicted octanol–water partition coefficient (Wildman–Crippen LogP) is -0.517. The second kappa shape index (κ2) is 13.4. The van der Waals surface area contributed by atoms with Crippen molar-refractivity contribution < 1.29 is 19.1 Å². The van der Waals surface area contributed by atoms with Gasteiger partial charge in [0.25, 0.3) is 0 Å². The Labute approximate surface area is 220 Å². The first-order chi connectivity index (χ1) is 18.1. The largest absolute Gasteiger partial charge is 0.463 e. The molecule has 13 nitrogen and oxygen atoms in total. The fourth-order valence-electron chi connectivity index (χ4n) is 3.76. The van der Waals surface area contributed by atoms with Crippen molar-refractivity contribution >= 4 is 23.7 Å². The van der Waals surface area contributed by atoms with Crippen molar-refractivity contribution in [2.24, 2.45) is 11.5 Å². The summed E-state index contributed by atoms with van der Waals surface area (Å²) in [5.41, 5.74) is 17.4. The summed E-state index contributed by atoms with van der Waals surface area (Å²) in [6, 6.07) is 9.61. The average Bonchev–Trinajstić information content (AvgIpc) is 2.88. The molecule has 0 spiro atoms. The number of nitrogen functional groups attached to an aromatic ring is 1. The summed E-state index contributed by atoms with van der Waals surface area (Å²) in [7, 11) is 1.66. The van der Waals surface area contributed by atoms with E-state index in [4.69, 9.17) is 32.1 Å². The zero-order valence-electron chi connectivity index (χ0n) is 21.2. The Morgan fingerprint density at radius 1 is 1.26 bits per heavy atom. The van der Waals surface area contributed by atoms with Crippen molar-refractivity contribution in [1.82, 2.24) is 19.8 Å². The van der Waals surface area contributed by atoms with E-state index in [2.05, 4.69) is 10.3 Å². The lowest BCUT2D eigenvalue weighted by Gasteiger charge is -2.32. The quantitative estimate of drug-likeness (QED) is 0.110. The number of hydrogen-bond donors (Lipinski definition) is 5. The number of nitrogens with one attached hydrogen (secondary N) is 2. The third kappa shape index (κ3) is 8.15. The standard InChI is InChI=1S/C25H34N8O5/c1-32(24(28)29)12-9-17(26)15-20(34)30-18-7-8-21(33-13-10-19(27)31-25(33)36)38-22(18)23(35)37-14-11-16-5-3-2-4-6-16/h2-8,10,13,17-18,21-22H,9,11-12,14-15,26H2,1H3,(H3,28,29)(H,30,34)(H2,27,31,36)/t17-,18-,21+,22-/m0/s1. The van der Waals surface area contributed by atoms with Crippen LogP contribution in [0.5, 0.6) is 0 Å². The Balaban J connectivity index is 1.67. The number of benzene rings is 1. The van der Waals surface area contributed by atoms with E-state index in [1.54, 1.807) is 19.2 Å². The maximum atomic E-state index is 13.0. The number of rotatable bonds is 11. The number of carbonyl (C=O) groups is 2. The molecule has 1 aliphatic rings. The lowest BCUT2D eigenvalue weighted by molar-refractivity contribution is -0.165. The molecule has 0 saturated carbocycles. The van der Waals surface area contributed by atoms with Crippen molar-refractivity contribution in [1.29, 1.82) is 5.41 Å². The highest BCUT2D eigenvalue weighted by atomic mass is 16.6. The van der Waals surface area contributed by atoms with E-state index in [9.17, 15) is 14.4 Å². The third-order valence-corrected chi connectivity index (χ3v) is 5.95. The number of ether oxygens (including phenoxy) is 2. The summed E-state index contributed by atoms with van der Waals surface area (Å²) >= 11 is 0. The van der Waals surface area contributed by atoms with Crippen molar-refractivity contribution in [3.63, 3.8) is 0 Å². The molecule has 1 aromatic heterocycles. The molecule has 0 fully saturated rings. The van der Waals surface area contributed by atoms with Crippen molar-refractivity contribution in [2.75, 3.05) is 25.9 Å². The van der Waals surface area contributed by atoms with Gasteiger partial charge in [0.1, 0.15) is 5.82 Å². The van der Waals surface area contributed by atoms with Crippen LogP contribution in [0, 0.1) is 5.41 Å². The number of anilines is 1. The Bertz CT molecular complexity index is 1200. The van der Waals surface area contributed by atoms with E-state index >= 15 is 0 Å². The van der Waals surface area contributed by atoms with Gasteiger partial charge >= 0.3 is 11.7 Å². The topological polar surface area (TPSA) is 205 Å². The van der Waals surface area contributed by atoms with Gasteiger partial charge in [-0.05, 0) is 24.1 Å². The number of nitrogens with zero attached hydrogens (tertiary/aromatic N) is 3. The zero-order chi connectivity index (χ0) is 27.7. The smallest absolute Gasteiger partial charge is 0.351 e. The highest BCUT2D eigenvalue weighted by Crippen LogP contribution is 2.22. The lowest BCUT2D eigenvalue weighted by Crippen LogP contribution is -2.51. The number of amides is 1. The van der Waals surface area contributed by atoms with Crippen molar-refractivity contribution in [3.8, 4) is 0 Å². The van der Waals surface area contributed by atoms with Gasteiger partial charge in [0, 0.05) is 38.7 Å². The second-order valence-corrected chi connectivity index (χ2v) is 8.93. The molecule has 2 aromatic rings. The monoisotopic (exact) mass is 526 g/mol. The van der Waals surface area contributed by atoms with Gasteiger partial charge in [-0.1, -0.05) is 36.4 Å². The van der Waals surface area contributed by atoms with Gasteiger partial charge in [0.05, 0.1) is 12.6 Å². The molecule has 0 radical (unpaired) electrons. The number of carbonyl (C=O) groups excluding carboxylic acids is 2. The fraction of sp³-hybridized carbons (Fsp3) is 0.400. The van der Waals surface area contributed by atoms with E-state index in [0.717, 1.165) is 5.56 Å². The minimum Gasteiger partial charge on any atom is -0.463 e. The number of esters is 1. The second-order valence-electron chi connectivity index (χ2n) is 8.93. The van der Waals surface area contributed by atoms with Crippen LogP contribution in [0.1, 0.15) is 24.6 Å². The van der Waals surface area contributed by atoms with Crippen LogP contribution in [0.4, 0.5) is 5.82 Å². The third-order valence-electron chi connectivity index (χ3n) is 5.95. The molecule has 1 aliphatic heterocycles. The van der Waals surface area contributed by atoms with Gasteiger partial charge in [0.15, 0.2) is 18.3 Å². The van der Waals surface area contributed by atoms with Gasteiger partial charge in [0.2, 0.25) is 5.91 Å². The Morgan fingerprint density at radius 2 is 2.00 bits per heavy atom. The minimum absolute atomic E-state index is 0.0172. The number of guanidine groups is 1. The van der Waals surface area contributed by atoms with Crippen LogP contribution in [0.3, 0.4) is 0 Å². The van der Waals surface area contributed by atoms with Gasteiger partial charge in [-0.3, -0.25) is 14.8 Å². The molecular formula is C25H34N8O5. The lowest BCUT2D eigenvalue weighted by atomic mass is 10.1. The summed E-state index contributed by atoms with van der Waals surface area (Å²) in [5.74, 6) is -1.12. The zero-order valence-corrected chi connectivity index (χ0v) is 21.2. The number of hydrogen-bond acceptors (Lipinski definition) is 9. The first-order valence-electron chi connectivity index (χ1n) is 12.1. The first-order valence-corrected chi connectivity index (χ1v) is 12.1. The molecule has 8 N–H and O–H groups in total. The van der Waals surface area contributed by atoms with Gasteiger partial charge in [-0.2, -0.15) is 4.98 Å². The highest BCUT2D eigenvalue weighted by molar-refractivity contribution is 5.81. The maximum Gasteiger partial charge on any atom is 0.351 e. The van der Waals surface area contributed by atoms with Crippen LogP contribution in [0.2, 0.25) is 0 Å². The molecule has 0 saturated heterocycles. The van der Waals surface area contributed by atoms with Crippen LogP contribution in [0.15, 0.2) is 59.5 Å². The molecule has 0 unspecified atom stereocenters. The fourth-order valence-corrected chi connectivity index (χ4v) is 3.76. The molecule has 3 rings (SSSR count). The molecule has 1 amide bonds. The molecule has 38 heavy (non-hydrogen) atoms. The van der Waals surface area contributed by atoms with E-state index in [1.165, 1.54) is 21.7 Å². The summed E-state index contributed by atoms with van der Waals surface area (Å²) in [4.78, 5) is 43.3. The maximum absolute atomic E-state index is 13.0. The molecule has 1 aromatic carbocycles. The Hall–Kier alpha value is -4.23. The SMILES string of the molecule is CN(CC[C@H](N)CC(=O)N[C@H]1C=C[C@H](n2ccc(N)nc2=O)O[C@@H]1C(=O)OCCc1ccccc1)C(=N)N. The van der Waals surface area contributed by atoms with E-state index in [1.807, 2.05) is 30.3 Å². The summed E-state index contributed by atoms with van der Waals surface area (Å²) in [5, 5.41) is 10.2. The van der Waals surface area contributed by atoms with Gasteiger partial charge < -0.3 is 36.9 Å². The predicted molar refractivity (Wildman–Crippen MR) is 141 cm³/mol. The van der Waals surface area contributed by atoms with Crippen LogP contribution in [-0.2, 0) is 25.5 Å². The van der Waals surface area contributed by atoms with E-state index in [0.29, 0.717) is 19.4 Å². The molecule has 0 bridgehead atoms. The van der Waals surface area contributed by atoms with Crippen LogP contribution in [0.25, 0.3) is 0 Å². The Kier molecular flexibility index (Phi) is 9.96. The van der Waals surface area contributed by atoms with Crippen LogP contribution >= 0.6 is 0 Å². The molecule has 2 heterocycles. The van der Waals surface area contributed by atoms with Crippen molar-refractivity contribution in [2.45, 2.75) is 43.7 Å². The minimum atomic E-state index is -1.23. The van der Waals surface area contributed by atoms with E-state index < -0.39 is 42.0 Å². The number of nitrogens with two attached hydrogens (primary N) is 3. The van der Waals surface area contributed by atoms with Gasteiger partial charge in [-0.15, -0.1) is 0 Å². The molecule has 13 heteroatoms. The van der Waals surface area contributed by atoms with Gasteiger partial charge in [-0.25, -0.2) is 9.59 Å². The summed E-state index contributed by atoms with van der Waals surface area (Å²) in [6.45, 7) is 0.522. The first kappa shape index (κ1) is 28.3.